The Bertz CT molecular complexity index is 343. The molecule has 1 N–H and O–H groups in total. The van der Waals surface area contributed by atoms with Crippen LogP contribution in [0.3, 0.4) is 0 Å². The maximum absolute atomic E-state index is 10.3. The standard InChI is InChI=1S/C7H9N3O3/c1-5(9-8-2)6-3-4-7(13-6)10(11)12/h3-4,8H,1-2H3. The molecule has 0 radical (unpaired) electrons. The molecule has 0 aliphatic heterocycles. The fraction of sp³-hybridized carbons (Fsp3) is 0.286. The highest BCUT2D eigenvalue weighted by molar-refractivity contribution is 5.96. The summed E-state index contributed by atoms with van der Waals surface area (Å²) in [6.07, 6.45) is 0. The second kappa shape index (κ2) is 3.70. The molecule has 0 atom stereocenters. The molecule has 13 heavy (non-hydrogen) atoms. The van der Waals surface area contributed by atoms with Crippen LogP contribution in [0.1, 0.15) is 12.7 Å². The summed E-state index contributed by atoms with van der Waals surface area (Å²) in [5, 5.41) is 14.1. The molecule has 1 rings (SSSR count). The predicted octanol–water partition coefficient (Wildman–Crippen LogP) is 1.13. The molecule has 0 amide bonds. The summed E-state index contributed by atoms with van der Waals surface area (Å²) in [5.41, 5.74) is 3.13. The van der Waals surface area contributed by atoms with E-state index in [9.17, 15) is 10.1 Å². The van der Waals surface area contributed by atoms with Gasteiger partial charge in [-0.2, -0.15) is 5.10 Å². The van der Waals surface area contributed by atoms with Crippen molar-refractivity contribution in [2.75, 3.05) is 7.05 Å². The van der Waals surface area contributed by atoms with Crippen LogP contribution in [0.2, 0.25) is 0 Å². The molecule has 0 aliphatic rings. The SMILES string of the molecule is CNN=C(C)c1ccc([N+](=O)[O-])o1. The summed E-state index contributed by atoms with van der Waals surface area (Å²) in [7, 11) is 1.64. The van der Waals surface area contributed by atoms with Gasteiger partial charge in [0.05, 0.1) is 11.8 Å². The highest BCUT2D eigenvalue weighted by Gasteiger charge is 2.12. The molecule has 0 unspecified atom stereocenters. The van der Waals surface area contributed by atoms with E-state index >= 15 is 0 Å². The molecule has 6 nitrogen and oxygen atoms in total. The minimum absolute atomic E-state index is 0.277. The molecule has 0 aliphatic carbocycles. The van der Waals surface area contributed by atoms with Crippen LogP contribution >= 0.6 is 0 Å². The lowest BCUT2D eigenvalue weighted by molar-refractivity contribution is -0.402. The Kier molecular flexibility index (Phi) is 2.63. The van der Waals surface area contributed by atoms with Crippen molar-refractivity contribution in [3.05, 3.63) is 28.0 Å². The molecular weight excluding hydrogens is 174 g/mol. The van der Waals surface area contributed by atoms with Gasteiger partial charge in [0.2, 0.25) is 0 Å². The molecule has 0 bridgehead atoms. The van der Waals surface area contributed by atoms with Crippen molar-refractivity contribution in [2.45, 2.75) is 6.92 Å². The van der Waals surface area contributed by atoms with E-state index in [0.717, 1.165) is 0 Å². The highest BCUT2D eigenvalue weighted by Crippen LogP contribution is 2.15. The van der Waals surface area contributed by atoms with Gasteiger partial charge in [-0.3, -0.25) is 10.1 Å². The molecule has 1 aromatic rings. The summed E-state index contributed by atoms with van der Waals surface area (Å²) in [4.78, 5) is 9.66. The predicted molar refractivity (Wildman–Crippen MR) is 46.6 cm³/mol. The lowest BCUT2D eigenvalue weighted by atomic mass is 10.3. The van der Waals surface area contributed by atoms with Gasteiger partial charge in [0.25, 0.3) is 0 Å². The van der Waals surface area contributed by atoms with E-state index in [4.69, 9.17) is 4.42 Å². The van der Waals surface area contributed by atoms with Crippen molar-refractivity contribution in [1.29, 1.82) is 0 Å². The zero-order chi connectivity index (χ0) is 9.84. The minimum atomic E-state index is -0.587. The van der Waals surface area contributed by atoms with E-state index in [0.29, 0.717) is 11.5 Å². The maximum Gasteiger partial charge on any atom is 0.433 e. The number of furan rings is 1. The molecule has 1 aromatic heterocycles. The third-order valence-corrected chi connectivity index (χ3v) is 1.41. The van der Waals surface area contributed by atoms with E-state index in [-0.39, 0.29) is 5.88 Å². The van der Waals surface area contributed by atoms with Gasteiger partial charge in [-0.1, -0.05) is 0 Å². The third-order valence-electron chi connectivity index (χ3n) is 1.41. The van der Waals surface area contributed by atoms with Crippen LogP contribution in [-0.2, 0) is 0 Å². The van der Waals surface area contributed by atoms with Gasteiger partial charge in [0.15, 0.2) is 5.76 Å². The van der Waals surface area contributed by atoms with E-state index in [1.54, 1.807) is 14.0 Å². The maximum atomic E-state index is 10.3. The zero-order valence-corrected chi connectivity index (χ0v) is 7.27. The van der Waals surface area contributed by atoms with Crippen LogP contribution in [-0.4, -0.2) is 17.7 Å². The van der Waals surface area contributed by atoms with Crippen LogP contribution in [0.5, 0.6) is 0 Å². The van der Waals surface area contributed by atoms with E-state index < -0.39 is 4.92 Å². The Labute approximate surface area is 74.4 Å². The lowest BCUT2D eigenvalue weighted by Gasteiger charge is -1.92. The molecule has 70 valence electrons. The Balaban J connectivity index is 2.92. The average Bonchev–Trinajstić information content (AvgIpc) is 2.52. The summed E-state index contributed by atoms with van der Waals surface area (Å²) >= 11 is 0. The minimum Gasteiger partial charge on any atom is -0.399 e. The number of nitrogens with zero attached hydrogens (tertiary/aromatic N) is 2. The molecule has 1 heterocycles. The quantitative estimate of drug-likeness (QED) is 0.432. The zero-order valence-electron chi connectivity index (χ0n) is 7.27. The Hall–Kier alpha value is -1.85. The third kappa shape index (κ3) is 2.05. The largest absolute Gasteiger partial charge is 0.433 e. The number of hydrogen-bond donors (Lipinski definition) is 1. The van der Waals surface area contributed by atoms with Crippen LogP contribution in [0, 0.1) is 10.1 Å². The molecule has 0 fully saturated rings. The molecule has 0 spiro atoms. The summed E-state index contributed by atoms with van der Waals surface area (Å²) in [5.74, 6) is 0.113. The van der Waals surface area contributed by atoms with Gasteiger partial charge in [0, 0.05) is 7.05 Å². The number of nitrogens with one attached hydrogen (secondary N) is 1. The number of hydrazone groups is 1. The molecule has 0 saturated carbocycles. The molecular formula is C7H9N3O3. The van der Waals surface area contributed by atoms with Crippen LogP contribution in [0.25, 0.3) is 0 Å². The van der Waals surface area contributed by atoms with Crippen LogP contribution in [0.15, 0.2) is 21.7 Å². The smallest absolute Gasteiger partial charge is 0.399 e. The number of hydrogen-bond acceptors (Lipinski definition) is 5. The first-order valence-corrected chi connectivity index (χ1v) is 3.60. The van der Waals surface area contributed by atoms with Crippen molar-refractivity contribution in [1.82, 2.24) is 5.43 Å². The first-order valence-electron chi connectivity index (χ1n) is 3.60. The first kappa shape index (κ1) is 9.24. The topological polar surface area (TPSA) is 80.7 Å². The normalized spacial score (nSPS) is 11.4. The van der Waals surface area contributed by atoms with Crippen molar-refractivity contribution in [2.24, 2.45) is 5.10 Å². The summed E-state index contributed by atoms with van der Waals surface area (Å²) < 4.78 is 4.89. The van der Waals surface area contributed by atoms with E-state index in [2.05, 4.69) is 10.5 Å². The van der Waals surface area contributed by atoms with E-state index in [1.165, 1.54) is 12.1 Å². The van der Waals surface area contributed by atoms with Crippen LogP contribution < -0.4 is 5.43 Å². The second-order valence-corrected chi connectivity index (χ2v) is 2.32. The van der Waals surface area contributed by atoms with Crippen molar-refractivity contribution in [3.8, 4) is 0 Å². The molecule has 0 aromatic carbocycles. The van der Waals surface area contributed by atoms with Gasteiger partial charge >= 0.3 is 5.88 Å². The Morgan fingerprint density at radius 1 is 1.69 bits per heavy atom. The lowest BCUT2D eigenvalue weighted by Crippen LogP contribution is -2.01. The first-order chi connectivity index (χ1) is 6.15. The van der Waals surface area contributed by atoms with Crippen molar-refractivity contribution < 1.29 is 9.34 Å². The average molecular weight is 183 g/mol. The van der Waals surface area contributed by atoms with Crippen LogP contribution in [0.4, 0.5) is 5.88 Å². The molecule has 6 heteroatoms. The summed E-state index contributed by atoms with van der Waals surface area (Å²) in [6.45, 7) is 1.69. The summed E-state index contributed by atoms with van der Waals surface area (Å²) in [6, 6.07) is 2.80. The second-order valence-electron chi connectivity index (χ2n) is 2.32. The fourth-order valence-electron chi connectivity index (χ4n) is 0.843. The van der Waals surface area contributed by atoms with Gasteiger partial charge in [-0.15, -0.1) is 0 Å². The fourth-order valence-corrected chi connectivity index (χ4v) is 0.843. The van der Waals surface area contributed by atoms with E-state index in [1.807, 2.05) is 0 Å². The van der Waals surface area contributed by atoms with Gasteiger partial charge in [-0.25, -0.2) is 0 Å². The Morgan fingerprint density at radius 2 is 2.38 bits per heavy atom. The number of rotatable bonds is 3. The van der Waals surface area contributed by atoms with Gasteiger partial charge in [0.1, 0.15) is 4.92 Å². The van der Waals surface area contributed by atoms with Crippen molar-refractivity contribution in [3.63, 3.8) is 0 Å². The molecule has 0 saturated heterocycles. The monoisotopic (exact) mass is 183 g/mol. The Morgan fingerprint density at radius 3 is 2.85 bits per heavy atom. The number of nitro groups is 1. The highest BCUT2D eigenvalue weighted by atomic mass is 16.6. The van der Waals surface area contributed by atoms with Gasteiger partial charge in [-0.05, 0) is 13.0 Å². The van der Waals surface area contributed by atoms with Gasteiger partial charge < -0.3 is 9.84 Å². The van der Waals surface area contributed by atoms with Crippen molar-refractivity contribution >= 4 is 11.6 Å².